The van der Waals surface area contributed by atoms with Gasteiger partial charge in [0.15, 0.2) is 0 Å². The Hall–Kier alpha value is -0.560. The Bertz CT molecular complexity index is 492. The van der Waals surface area contributed by atoms with Gasteiger partial charge in [-0.05, 0) is 85.9 Å². The minimum absolute atomic E-state index is 0.0822. The molecule has 4 rings (SSSR count). The van der Waals surface area contributed by atoms with Crippen LogP contribution in [-0.4, -0.2) is 11.2 Å². The van der Waals surface area contributed by atoms with Crippen molar-refractivity contribution in [1.29, 1.82) is 0 Å². The molecule has 0 bridgehead atoms. The number of hydrogen-bond donors (Lipinski definition) is 1. The van der Waals surface area contributed by atoms with Crippen LogP contribution in [0, 0.1) is 40.9 Å². The van der Waals surface area contributed by atoms with Crippen LogP contribution in [0.4, 0.5) is 0 Å². The molecule has 4 aliphatic carbocycles. The van der Waals surface area contributed by atoms with Crippen LogP contribution in [0.2, 0.25) is 0 Å². The summed E-state index contributed by atoms with van der Waals surface area (Å²) in [4.78, 5) is 0. The van der Waals surface area contributed by atoms with Crippen LogP contribution in [-0.2, 0) is 0 Å². The molecular weight excluding hydrogens is 268 g/mol. The van der Waals surface area contributed by atoms with Gasteiger partial charge >= 0.3 is 0 Å². The van der Waals surface area contributed by atoms with Crippen LogP contribution in [0.3, 0.4) is 0 Å². The summed E-state index contributed by atoms with van der Waals surface area (Å²) in [5.74, 6) is 5.20. The lowest BCUT2D eigenvalue weighted by Crippen LogP contribution is -2.49. The summed E-state index contributed by atoms with van der Waals surface area (Å²) < 4.78 is 0. The van der Waals surface area contributed by atoms with E-state index in [0.29, 0.717) is 5.41 Å². The second-order valence-corrected chi connectivity index (χ2v) is 8.98. The van der Waals surface area contributed by atoms with E-state index in [-0.39, 0.29) is 6.10 Å². The van der Waals surface area contributed by atoms with Crippen LogP contribution in [0.25, 0.3) is 0 Å². The molecule has 3 fully saturated rings. The summed E-state index contributed by atoms with van der Waals surface area (Å²) in [5, 5.41) is 10.1. The van der Waals surface area contributed by atoms with Crippen molar-refractivity contribution in [3.63, 3.8) is 0 Å². The number of rotatable bonds is 1. The molecular formula is C21H32O. The fourth-order valence-corrected chi connectivity index (χ4v) is 7.04. The van der Waals surface area contributed by atoms with Crippen molar-refractivity contribution in [3.8, 4) is 0 Å². The van der Waals surface area contributed by atoms with E-state index in [4.69, 9.17) is 0 Å². The monoisotopic (exact) mass is 300 g/mol. The smallest absolute Gasteiger partial charge is 0.0577 e. The third-order valence-corrected chi connectivity index (χ3v) is 8.12. The van der Waals surface area contributed by atoms with Gasteiger partial charge in [0.1, 0.15) is 0 Å². The van der Waals surface area contributed by atoms with Gasteiger partial charge in [-0.15, -0.1) is 6.58 Å². The Morgan fingerprint density at radius 3 is 2.86 bits per heavy atom. The minimum atomic E-state index is -0.0822. The topological polar surface area (TPSA) is 20.2 Å². The molecule has 1 nitrogen and oxygen atoms in total. The predicted molar refractivity (Wildman–Crippen MR) is 91.3 cm³/mol. The average molecular weight is 300 g/mol. The second-order valence-electron chi connectivity index (χ2n) is 8.98. The van der Waals surface area contributed by atoms with Gasteiger partial charge in [0.05, 0.1) is 6.10 Å². The van der Waals surface area contributed by atoms with E-state index in [0.717, 1.165) is 48.3 Å². The van der Waals surface area contributed by atoms with E-state index >= 15 is 0 Å². The maximum atomic E-state index is 10.1. The van der Waals surface area contributed by atoms with E-state index in [2.05, 4.69) is 32.6 Å². The number of aliphatic hydroxyl groups excluding tert-OH is 1. The summed E-state index contributed by atoms with van der Waals surface area (Å²) in [6.07, 6.45) is 13.3. The van der Waals surface area contributed by atoms with Crippen molar-refractivity contribution in [2.24, 2.45) is 40.9 Å². The van der Waals surface area contributed by atoms with Gasteiger partial charge in [-0.25, -0.2) is 0 Å². The van der Waals surface area contributed by atoms with Crippen molar-refractivity contribution in [2.45, 2.75) is 64.9 Å². The maximum absolute atomic E-state index is 10.1. The maximum Gasteiger partial charge on any atom is 0.0577 e. The lowest BCUT2D eigenvalue weighted by molar-refractivity contribution is -0.0325. The van der Waals surface area contributed by atoms with Gasteiger partial charge in [0.2, 0.25) is 0 Å². The van der Waals surface area contributed by atoms with Gasteiger partial charge < -0.3 is 5.11 Å². The number of allylic oxidation sites excluding steroid dienone is 2. The lowest BCUT2D eigenvalue weighted by atomic mass is 9.48. The lowest BCUT2D eigenvalue weighted by Gasteiger charge is -2.56. The van der Waals surface area contributed by atoms with Crippen LogP contribution in [0.5, 0.6) is 0 Å². The molecule has 0 radical (unpaired) electrons. The first kappa shape index (κ1) is 15.0. The number of fused-ring (bicyclic) bond motifs is 5. The van der Waals surface area contributed by atoms with Gasteiger partial charge in [-0.1, -0.05) is 31.6 Å². The Labute approximate surface area is 135 Å². The summed E-state index contributed by atoms with van der Waals surface area (Å²) in [7, 11) is 0. The normalized spacial score (nSPS) is 54.0. The molecule has 0 aliphatic heterocycles. The van der Waals surface area contributed by atoms with Crippen molar-refractivity contribution in [2.75, 3.05) is 0 Å². The van der Waals surface area contributed by atoms with Gasteiger partial charge in [-0.2, -0.15) is 0 Å². The number of aliphatic hydroxyl groups is 1. The molecule has 0 aromatic heterocycles. The molecule has 0 saturated heterocycles. The summed E-state index contributed by atoms with van der Waals surface area (Å²) in [6, 6.07) is 0. The van der Waals surface area contributed by atoms with Crippen molar-refractivity contribution in [1.82, 2.24) is 0 Å². The molecule has 0 aromatic rings. The van der Waals surface area contributed by atoms with E-state index < -0.39 is 0 Å². The molecule has 1 heteroatoms. The first-order valence-electron chi connectivity index (χ1n) is 9.54. The van der Waals surface area contributed by atoms with Gasteiger partial charge in [0, 0.05) is 0 Å². The van der Waals surface area contributed by atoms with E-state index in [1.54, 1.807) is 5.57 Å². The highest BCUT2D eigenvalue weighted by Crippen LogP contribution is 2.63. The Morgan fingerprint density at radius 2 is 2.09 bits per heavy atom. The highest BCUT2D eigenvalue weighted by atomic mass is 16.3. The summed E-state index contributed by atoms with van der Waals surface area (Å²) >= 11 is 0. The van der Waals surface area contributed by atoms with Gasteiger partial charge in [-0.3, -0.25) is 0 Å². The molecule has 0 amide bonds. The zero-order valence-electron chi connectivity index (χ0n) is 14.3. The first-order valence-corrected chi connectivity index (χ1v) is 9.54. The Kier molecular flexibility index (Phi) is 3.56. The number of hydrogen-bond acceptors (Lipinski definition) is 1. The second kappa shape index (κ2) is 5.23. The zero-order valence-corrected chi connectivity index (χ0v) is 14.3. The van der Waals surface area contributed by atoms with Crippen molar-refractivity contribution < 1.29 is 5.11 Å². The highest BCUT2D eigenvalue weighted by molar-refractivity contribution is 5.25. The Morgan fingerprint density at radius 1 is 1.27 bits per heavy atom. The molecule has 122 valence electrons. The largest absolute Gasteiger partial charge is 0.393 e. The minimum Gasteiger partial charge on any atom is -0.393 e. The van der Waals surface area contributed by atoms with Crippen molar-refractivity contribution in [3.05, 3.63) is 24.3 Å². The van der Waals surface area contributed by atoms with Crippen LogP contribution >= 0.6 is 0 Å². The molecule has 0 spiro atoms. The molecule has 8 atom stereocenters. The third kappa shape index (κ3) is 2.00. The molecule has 3 saturated carbocycles. The van der Waals surface area contributed by atoms with Crippen LogP contribution < -0.4 is 0 Å². The fourth-order valence-electron chi connectivity index (χ4n) is 7.04. The summed E-state index contributed by atoms with van der Waals surface area (Å²) in [5.41, 5.74) is 1.98. The fraction of sp³-hybridized carbons (Fsp3) is 0.810. The molecule has 1 N–H and O–H groups in total. The van der Waals surface area contributed by atoms with E-state index in [1.165, 1.54) is 32.1 Å². The SMILES string of the molecule is C=C[C@H]1CCC2C3CC=C4C[C@@H](O)CC[C@]4(C)C3C[C@@H](C)C21. The molecule has 4 aliphatic rings. The standard InChI is InChI=1S/C21H32O/c1-4-14-5-7-18-17-8-6-15-12-16(22)9-10-21(15,3)19(17)11-13(2)20(14)18/h4,6,13-14,16-20,22H,1,5,7-12H2,2-3H3/t13-,14+,16+,17?,18?,19?,20?,21+/m1/s1. The molecule has 4 unspecified atom stereocenters. The quantitative estimate of drug-likeness (QED) is 0.678. The van der Waals surface area contributed by atoms with Crippen LogP contribution in [0.15, 0.2) is 24.3 Å². The van der Waals surface area contributed by atoms with Gasteiger partial charge in [0.25, 0.3) is 0 Å². The average Bonchev–Trinajstić information content (AvgIpc) is 2.94. The molecule has 0 heterocycles. The van der Waals surface area contributed by atoms with E-state index in [9.17, 15) is 5.11 Å². The third-order valence-electron chi connectivity index (χ3n) is 8.12. The molecule has 0 aromatic carbocycles. The van der Waals surface area contributed by atoms with Crippen LogP contribution in [0.1, 0.15) is 58.8 Å². The predicted octanol–water partition coefficient (Wildman–Crippen LogP) is 4.97. The summed E-state index contributed by atoms with van der Waals surface area (Å²) in [6.45, 7) is 9.15. The van der Waals surface area contributed by atoms with E-state index in [1.807, 2.05) is 0 Å². The Balaban J connectivity index is 1.67. The zero-order chi connectivity index (χ0) is 15.5. The molecule has 22 heavy (non-hydrogen) atoms. The highest BCUT2D eigenvalue weighted by Gasteiger charge is 2.55. The first-order chi connectivity index (χ1) is 10.5. The van der Waals surface area contributed by atoms with Crippen molar-refractivity contribution >= 4 is 0 Å².